The summed E-state index contributed by atoms with van der Waals surface area (Å²) in [6.07, 6.45) is -0.824. The van der Waals surface area contributed by atoms with Gasteiger partial charge in [-0.3, -0.25) is 11.5 Å². The Labute approximate surface area is 41.8 Å². The van der Waals surface area contributed by atoms with E-state index in [0.29, 0.717) is 0 Å². The molecule has 5 heteroatoms. The molecule has 0 fully saturated rings. The second kappa shape index (κ2) is 4.81. The van der Waals surface area contributed by atoms with Crippen molar-refractivity contribution in [2.45, 2.75) is 6.29 Å². The zero-order chi connectivity index (χ0) is 4.28. The summed E-state index contributed by atoms with van der Waals surface area (Å²) in [5.41, 5.74) is 15.5. The lowest BCUT2D eigenvalue weighted by atomic mass is 11.0. The third kappa shape index (κ3) is 9.18. The SMILES string of the molecule is Cl.N=NC(N)N. The minimum absolute atomic E-state index is 0. The van der Waals surface area contributed by atoms with Gasteiger partial charge in [-0.15, -0.1) is 12.4 Å². The van der Waals surface area contributed by atoms with Crippen LogP contribution in [0.1, 0.15) is 0 Å². The average molecular weight is 111 g/mol. The van der Waals surface area contributed by atoms with Gasteiger partial charge in [-0.2, -0.15) is 5.11 Å². The second-order valence-electron chi connectivity index (χ2n) is 0.620. The highest BCUT2D eigenvalue weighted by atomic mass is 35.5. The van der Waals surface area contributed by atoms with Crippen molar-refractivity contribution >= 4 is 12.4 Å². The summed E-state index contributed by atoms with van der Waals surface area (Å²) in [7, 11) is 0. The maximum absolute atomic E-state index is 6.03. The fraction of sp³-hybridized carbons (Fsp3) is 1.00. The third-order valence-electron chi connectivity index (χ3n) is 0.149. The lowest BCUT2D eigenvalue weighted by Crippen LogP contribution is -2.26. The smallest absolute Gasteiger partial charge is 0.168 e. The molecule has 38 valence electrons. The van der Waals surface area contributed by atoms with E-state index in [2.05, 4.69) is 5.11 Å². The zero-order valence-corrected chi connectivity index (χ0v) is 3.90. The Morgan fingerprint density at radius 1 is 1.50 bits per heavy atom. The first kappa shape index (κ1) is 9.26. The largest absolute Gasteiger partial charge is 0.296 e. The molecule has 0 amide bonds. The molecule has 0 aromatic carbocycles. The van der Waals surface area contributed by atoms with Crippen molar-refractivity contribution in [2.24, 2.45) is 16.6 Å². The molecule has 0 aliphatic rings. The molecule has 0 bridgehead atoms. The normalized spacial score (nSPS) is 7.17. The topological polar surface area (TPSA) is 88.2 Å². The molecule has 6 heavy (non-hydrogen) atoms. The van der Waals surface area contributed by atoms with Crippen molar-refractivity contribution in [3.8, 4) is 0 Å². The van der Waals surface area contributed by atoms with Gasteiger partial charge in [0, 0.05) is 0 Å². The van der Waals surface area contributed by atoms with Crippen LogP contribution in [0.2, 0.25) is 0 Å². The van der Waals surface area contributed by atoms with Crippen LogP contribution in [0.15, 0.2) is 5.11 Å². The lowest BCUT2D eigenvalue weighted by Gasteiger charge is -1.85. The number of hydrogen-bond donors (Lipinski definition) is 3. The first-order chi connectivity index (χ1) is 2.27. The van der Waals surface area contributed by atoms with Gasteiger partial charge in [0.1, 0.15) is 0 Å². The van der Waals surface area contributed by atoms with E-state index in [1.165, 1.54) is 0 Å². The summed E-state index contributed by atoms with van der Waals surface area (Å²) in [6, 6.07) is 0. The number of nitrogens with two attached hydrogens (primary N) is 2. The van der Waals surface area contributed by atoms with Crippen molar-refractivity contribution in [1.29, 1.82) is 5.53 Å². The molecule has 0 saturated heterocycles. The highest BCUT2D eigenvalue weighted by Gasteiger charge is 1.75. The van der Waals surface area contributed by atoms with E-state index in [1.54, 1.807) is 0 Å². The van der Waals surface area contributed by atoms with Crippen molar-refractivity contribution in [3.05, 3.63) is 0 Å². The maximum atomic E-state index is 6.03. The van der Waals surface area contributed by atoms with Gasteiger partial charge in [0.15, 0.2) is 6.29 Å². The zero-order valence-electron chi connectivity index (χ0n) is 3.09. The molecule has 0 rings (SSSR count). The van der Waals surface area contributed by atoms with Gasteiger partial charge in [0.25, 0.3) is 0 Å². The molecule has 4 nitrogen and oxygen atoms in total. The molecular weight excluding hydrogens is 103 g/mol. The van der Waals surface area contributed by atoms with Gasteiger partial charge < -0.3 is 0 Å². The van der Waals surface area contributed by atoms with Crippen LogP contribution in [0.3, 0.4) is 0 Å². The standard InChI is InChI=1S/CH6N4.ClH/c2-1(3)5-4;/h1,4H,2-3H2;1H. The molecule has 5 N–H and O–H groups in total. The molecule has 0 spiro atoms. The molecule has 0 radical (unpaired) electrons. The Morgan fingerprint density at radius 2 is 1.67 bits per heavy atom. The Morgan fingerprint density at radius 3 is 1.67 bits per heavy atom. The molecule has 0 aromatic heterocycles. The van der Waals surface area contributed by atoms with Gasteiger partial charge in [-0.25, -0.2) is 5.53 Å². The summed E-state index contributed by atoms with van der Waals surface area (Å²) in [6.45, 7) is 0. The number of nitrogens with zero attached hydrogens (tertiary/aromatic N) is 1. The highest BCUT2D eigenvalue weighted by Crippen LogP contribution is 1.55. The van der Waals surface area contributed by atoms with Crippen molar-refractivity contribution in [2.75, 3.05) is 0 Å². The molecule has 0 aliphatic heterocycles. The van der Waals surface area contributed by atoms with Crippen molar-refractivity contribution < 1.29 is 0 Å². The first-order valence-electron chi connectivity index (χ1n) is 1.15. The molecule has 0 aromatic rings. The van der Waals surface area contributed by atoms with Gasteiger partial charge in [-0.1, -0.05) is 0 Å². The molecule has 0 saturated carbocycles. The Balaban J connectivity index is 0. The summed E-state index contributed by atoms with van der Waals surface area (Å²) in [4.78, 5) is 0. The van der Waals surface area contributed by atoms with Crippen LogP contribution in [0, 0.1) is 5.53 Å². The van der Waals surface area contributed by atoms with Crippen molar-refractivity contribution in [3.63, 3.8) is 0 Å². The fourth-order valence-electron chi connectivity index (χ4n) is 0. The first-order valence-corrected chi connectivity index (χ1v) is 1.15. The molecule has 0 aliphatic carbocycles. The van der Waals surface area contributed by atoms with E-state index in [-0.39, 0.29) is 12.4 Å². The summed E-state index contributed by atoms with van der Waals surface area (Å²) in [5.74, 6) is 0. The molecule has 0 unspecified atom stereocenters. The van der Waals surface area contributed by atoms with E-state index in [9.17, 15) is 0 Å². The van der Waals surface area contributed by atoms with Crippen LogP contribution in [-0.2, 0) is 0 Å². The monoisotopic (exact) mass is 110 g/mol. The maximum Gasteiger partial charge on any atom is 0.168 e. The number of hydrogen-bond acceptors (Lipinski definition) is 4. The van der Waals surface area contributed by atoms with Crippen molar-refractivity contribution in [1.82, 2.24) is 0 Å². The van der Waals surface area contributed by atoms with E-state index >= 15 is 0 Å². The second-order valence-corrected chi connectivity index (χ2v) is 0.620. The fourth-order valence-corrected chi connectivity index (χ4v) is 0. The van der Waals surface area contributed by atoms with Gasteiger partial charge in [-0.05, 0) is 0 Å². The summed E-state index contributed by atoms with van der Waals surface area (Å²) >= 11 is 0. The highest BCUT2D eigenvalue weighted by molar-refractivity contribution is 5.85. The third-order valence-corrected chi connectivity index (χ3v) is 0.149. The quantitative estimate of drug-likeness (QED) is 0.318. The number of rotatable bonds is 1. The minimum atomic E-state index is -0.824. The van der Waals surface area contributed by atoms with Gasteiger partial charge >= 0.3 is 0 Å². The average Bonchev–Trinajstić information content (AvgIpc) is 1.38. The van der Waals surface area contributed by atoms with Crippen LogP contribution >= 0.6 is 12.4 Å². The van der Waals surface area contributed by atoms with Gasteiger partial charge in [0.2, 0.25) is 0 Å². The Kier molecular flexibility index (Phi) is 7.42. The van der Waals surface area contributed by atoms with Crippen LogP contribution in [0.25, 0.3) is 0 Å². The van der Waals surface area contributed by atoms with Gasteiger partial charge in [0.05, 0.1) is 0 Å². The molecule has 0 heterocycles. The molecule has 0 atom stereocenters. The predicted molar refractivity (Wildman–Crippen MR) is 24.6 cm³/mol. The summed E-state index contributed by atoms with van der Waals surface area (Å²) < 4.78 is 0. The van der Waals surface area contributed by atoms with E-state index < -0.39 is 6.29 Å². The summed E-state index contributed by atoms with van der Waals surface area (Å²) in [5, 5.41) is 2.69. The Hall–Kier alpha value is -0.190. The van der Waals surface area contributed by atoms with E-state index in [0.717, 1.165) is 0 Å². The van der Waals surface area contributed by atoms with E-state index in [1.807, 2.05) is 0 Å². The minimum Gasteiger partial charge on any atom is -0.296 e. The molecular formula is CH7ClN4. The number of nitrogens with one attached hydrogen (secondary N) is 1. The van der Waals surface area contributed by atoms with E-state index in [4.69, 9.17) is 17.0 Å². The van der Waals surface area contributed by atoms with Crippen LogP contribution < -0.4 is 11.5 Å². The number of halogens is 1. The van der Waals surface area contributed by atoms with Crippen LogP contribution in [-0.4, -0.2) is 6.29 Å². The lowest BCUT2D eigenvalue weighted by molar-refractivity contribution is 0.684. The van der Waals surface area contributed by atoms with Crippen LogP contribution in [0.4, 0.5) is 0 Å². The predicted octanol–water partition coefficient (Wildman–Crippen LogP) is -0.360. The van der Waals surface area contributed by atoms with Crippen LogP contribution in [0.5, 0.6) is 0 Å². The Bertz CT molecular complexity index is 34.5.